The van der Waals surface area contributed by atoms with Crippen molar-refractivity contribution in [3.63, 3.8) is 0 Å². The first-order chi connectivity index (χ1) is 12.7. The third kappa shape index (κ3) is 6.47. The fraction of sp³-hybridized carbons (Fsp3) is 0.632. The van der Waals surface area contributed by atoms with Crippen LogP contribution in [0.1, 0.15) is 26.2 Å². The lowest BCUT2D eigenvalue weighted by molar-refractivity contribution is 0.415. The number of nitrogens with one attached hydrogen (secondary N) is 2. The predicted molar refractivity (Wildman–Crippen MR) is 115 cm³/mol. The molecule has 0 amide bonds. The summed E-state index contributed by atoms with van der Waals surface area (Å²) in [6, 6.07) is 6.14. The van der Waals surface area contributed by atoms with Gasteiger partial charge in [-0.3, -0.25) is 4.99 Å². The van der Waals surface area contributed by atoms with Crippen molar-refractivity contribution >= 4 is 35.0 Å². The van der Waals surface area contributed by atoms with Crippen molar-refractivity contribution in [2.45, 2.75) is 32.2 Å². The van der Waals surface area contributed by atoms with Crippen LogP contribution in [-0.4, -0.2) is 57.3 Å². The van der Waals surface area contributed by atoms with Gasteiger partial charge in [0.05, 0.1) is 12.8 Å². The second-order valence-corrected chi connectivity index (χ2v) is 7.77. The molecule has 1 fully saturated rings. The zero-order chi connectivity index (χ0) is 18.8. The molecule has 7 heteroatoms. The zero-order valence-corrected chi connectivity index (χ0v) is 17.6. The summed E-state index contributed by atoms with van der Waals surface area (Å²) in [5.74, 6) is 2.99. The van der Waals surface area contributed by atoms with Gasteiger partial charge in [-0.1, -0.05) is 11.6 Å². The second kappa shape index (κ2) is 11.4. The number of anilines is 1. The number of unbranched alkanes of at least 4 members (excludes halogenated alkanes) is 1. The molecule has 1 saturated heterocycles. The number of nitrogens with zero attached hydrogens (tertiary/aromatic N) is 2. The third-order valence-electron chi connectivity index (χ3n) is 4.38. The summed E-state index contributed by atoms with van der Waals surface area (Å²) >= 11 is 8.07. The van der Waals surface area contributed by atoms with Crippen molar-refractivity contribution in [3.05, 3.63) is 23.2 Å². The van der Waals surface area contributed by atoms with Gasteiger partial charge < -0.3 is 20.3 Å². The third-order valence-corrected chi connectivity index (χ3v) is 5.31. The van der Waals surface area contributed by atoms with Crippen LogP contribution in [0.3, 0.4) is 0 Å². The van der Waals surface area contributed by atoms with E-state index < -0.39 is 0 Å². The van der Waals surface area contributed by atoms with Gasteiger partial charge in [-0.05, 0) is 56.4 Å². The lowest BCUT2D eigenvalue weighted by atomic mass is 10.2. The number of hydrogen-bond donors (Lipinski definition) is 2. The van der Waals surface area contributed by atoms with E-state index in [1.807, 2.05) is 30.0 Å². The molecule has 1 unspecified atom stereocenters. The molecule has 26 heavy (non-hydrogen) atoms. The standard InChI is InChI=1S/C19H31ClN4OS/c1-4-21-19(22-10-5-6-12-26-3)23-16-9-11-24(14-16)17-13-15(20)7-8-18(17)25-2/h7-8,13,16H,4-6,9-12,14H2,1-3H3,(H2,21,22,23). The number of aliphatic imine (C=N–C) groups is 1. The van der Waals surface area contributed by atoms with E-state index in [0.29, 0.717) is 6.04 Å². The Morgan fingerprint density at radius 2 is 2.27 bits per heavy atom. The minimum Gasteiger partial charge on any atom is -0.495 e. The molecular formula is C19H31ClN4OS. The summed E-state index contributed by atoms with van der Waals surface area (Å²) in [6.45, 7) is 5.72. The number of rotatable bonds is 9. The van der Waals surface area contributed by atoms with E-state index in [2.05, 4.69) is 28.7 Å². The van der Waals surface area contributed by atoms with Crippen molar-refractivity contribution < 1.29 is 4.74 Å². The first-order valence-electron chi connectivity index (χ1n) is 9.30. The number of thioether (sulfide) groups is 1. The Bertz CT molecular complexity index is 585. The highest BCUT2D eigenvalue weighted by Gasteiger charge is 2.25. The van der Waals surface area contributed by atoms with Gasteiger partial charge in [0.15, 0.2) is 5.96 Å². The molecule has 2 rings (SSSR count). The van der Waals surface area contributed by atoms with Crippen LogP contribution >= 0.6 is 23.4 Å². The van der Waals surface area contributed by atoms with Gasteiger partial charge >= 0.3 is 0 Å². The first-order valence-corrected chi connectivity index (χ1v) is 11.1. The maximum Gasteiger partial charge on any atom is 0.191 e. The fourth-order valence-electron chi connectivity index (χ4n) is 3.07. The summed E-state index contributed by atoms with van der Waals surface area (Å²) < 4.78 is 5.49. The van der Waals surface area contributed by atoms with Crippen LogP contribution in [0, 0.1) is 0 Å². The molecule has 0 spiro atoms. The van der Waals surface area contributed by atoms with E-state index in [4.69, 9.17) is 21.3 Å². The number of hydrogen-bond acceptors (Lipinski definition) is 4. The molecule has 1 aliphatic rings. The van der Waals surface area contributed by atoms with Crippen LogP contribution in [0.5, 0.6) is 5.75 Å². The van der Waals surface area contributed by atoms with Crippen molar-refractivity contribution in [3.8, 4) is 5.75 Å². The number of halogens is 1. The van der Waals surface area contributed by atoms with Gasteiger partial charge in [0.2, 0.25) is 0 Å². The highest BCUT2D eigenvalue weighted by molar-refractivity contribution is 7.98. The topological polar surface area (TPSA) is 48.9 Å². The van der Waals surface area contributed by atoms with E-state index in [9.17, 15) is 0 Å². The SMILES string of the molecule is CCNC(=NCCCCSC)NC1CCN(c2cc(Cl)ccc2OC)C1. The first kappa shape index (κ1) is 21.0. The van der Waals surface area contributed by atoms with E-state index in [-0.39, 0.29) is 0 Å². The molecule has 1 heterocycles. The highest BCUT2D eigenvalue weighted by atomic mass is 35.5. The van der Waals surface area contributed by atoms with Gasteiger partial charge in [0, 0.05) is 37.2 Å². The summed E-state index contributed by atoms with van der Waals surface area (Å²) in [5, 5.41) is 7.67. The minimum atomic E-state index is 0.364. The van der Waals surface area contributed by atoms with E-state index in [1.54, 1.807) is 7.11 Å². The predicted octanol–water partition coefficient (Wildman–Crippen LogP) is 3.63. The molecule has 1 aromatic carbocycles. The van der Waals surface area contributed by atoms with Crippen LogP contribution < -0.4 is 20.3 Å². The monoisotopic (exact) mass is 398 g/mol. The summed E-state index contributed by atoms with van der Waals surface area (Å²) in [5.41, 5.74) is 1.06. The Labute approximate surface area is 166 Å². The van der Waals surface area contributed by atoms with Crippen LogP contribution in [0.2, 0.25) is 5.02 Å². The highest BCUT2D eigenvalue weighted by Crippen LogP contribution is 2.33. The molecule has 1 aromatic rings. The largest absolute Gasteiger partial charge is 0.495 e. The van der Waals surface area contributed by atoms with Crippen LogP contribution in [0.4, 0.5) is 5.69 Å². The van der Waals surface area contributed by atoms with Crippen molar-refractivity contribution in [2.75, 3.05) is 50.2 Å². The van der Waals surface area contributed by atoms with Crippen LogP contribution in [-0.2, 0) is 0 Å². The molecule has 0 saturated carbocycles. The van der Waals surface area contributed by atoms with Gasteiger partial charge in [-0.25, -0.2) is 0 Å². The number of methoxy groups -OCH3 is 1. The molecule has 0 aromatic heterocycles. The van der Waals surface area contributed by atoms with Gasteiger partial charge in [-0.15, -0.1) is 0 Å². The molecule has 146 valence electrons. The summed E-state index contributed by atoms with van der Waals surface area (Å²) in [7, 11) is 1.70. The lowest BCUT2D eigenvalue weighted by Gasteiger charge is -2.22. The van der Waals surface area contributed by atoms with Gasteiger partial charge in [0.1, 0.15) is 5.75 Å². The van der Waals surface area contributed by atoms with Gasteiger partial charge in [-0.2, -0.15) is 11.8 Å². The second-order valence-electron chi connectivity index (χ2n) is 6.35. The fourth-order valence-corrected chi connectivity index (χ4v) is 3.73. The maximum atomic E-state index is 6.18. The quantitative estimate of drug-likeness (QED) is 0.378. The van der Waals surface area contributed by atoms with E-state index in [0.717, 1.165) is 61.4 Å². The number of benzene rings is 1. The number of ether oxygens (including phenoxy) is 1. The Morgan fingerprint density at radius 1 is 1.42 bits per heavy atom. The molecule has 0 radical (unpaired) electrons. The van der Waals surface area contributed by atoms with Gasteiger partial charge in [0.25, 0.3) is 0 Å². The molecule has 1 aliphatic heterocycles. The normalized spacial score (nSPS) is 17.5. The lowest BCUT2D eigenvalue weighted by Crippen LogP contribution is -2.44. The molecule has 1 atom stereocenters. The molecule has 0 bridgehead atoms. The smallest absolute Gasteiger partial charge is 0.191 e. The molecular weight excluding hydrogens is 368 g/mol. The van der Waals surface area contributed by atoms with Crippen LogP contribution in [0.25, 0.3) is 0 Å². The van der Waals surface area contributed by atoms with Crippen molar-refractivity contribution in [1.82, 2.24) is 10.6 Å². The Hall–Kier alpha value is -1.27. The van der Waals surface area contributed by atoms with E-state index >= 15 is 0 Å². The average Bonchev–Trinajstić information content (AvgIpc) is 3.10. The maximum absolute atomic E-state index is 6.18. The Balaban J connectivity index is 1.92. The van der Waals surface area contributed by atoms with Crippen LogP contribution in [0.15, 0.2) is 23.2 Å². The minimum absolute atomic E-state index is 0.364. The summed E-state index contributed by atoms with van der Waals surface area (Å²) in [6.07, 6.45) is 5.56. The van der Waals surface area contributed by atoms with Crippen molar-refractivity contribution in [2.24, 2.45) is 4.99 Å². The average molecular weight is 399 g/mol. The molecule has 2 N–H and O–H groups in total. The van der Waals surface area contributed by atoms with E-state index in [1.165, 1.54) is 12.2 Å². The van der Waals surface area contributed by atoms with Crippen molar-refractivity contribution in [1.29, 1.82) is 0 Å². The molecule has 0 aliphatic carbocycles. The summed E-state index contributed by atoms with van der Waals surface area (Å²) in [4.78, 5) is 7.04. The Morgan fingerprint density at radius 3 is 3.00 bits per heavy atom. The zero-order valence-electron chi connectivity index (χ0n) is 16.1. The Kier molecular flexibility index (Phi) is 9.26. The molecule has 5 nitrogen and oxygen atoms in total. The number of guanidine groups is 1.